The summed E-state index contributed by atoms with van der Waals surface area (Å²) in [5.74, 6) is -0.698. The standard InChI is InChI=1S/C15H14F2O/c1-10-9-13(17)7-8-14(10)15(2,18)11-3-5-12(16)6-4-11/h3-9,18H,1-2H3. The number of aryl methyl sites for hydroxylation is 1. The summed E-state index contributed by atoms with van der Waals surface area (Å²) >= 11 is 0. The van der Waals surface area contributed by atoms with Crippen molar-refractivity contribution in [2.75, 3.05) is 0 Å². The summed E-state index contributed by atoms with van der Waals surface area (Å²) in [6, 6.07) is 9.86. The second kappa shape index (κ2) is 4.50. The molecule has 0 amide bonds. The lowest BCUT2D eigenvalue weighted by Gasteiger charge is -2.26. The topological polar surface area (TPSA) is 20.2 Å². The lowest BCUT2D eigenvalue weighted by Crippen LogP contribution is -2.24. The van der Waals surface area contributed by atoms with Gasteiger partial charge in [-0.3, -0.25) is 0 Å². The van der Waals surface area contributed by atoms with Crippen molar-refractivity contribution < 1.29 is 13.9 Å². The number of aliphatic hydroxyl groups is 1. The fraction of sp³-hybridized carbons (Fsp3) is 0.200. The Hall–Kier alpha value is -1.74. The minimum atomic E-state index is -1.27. The monoisotopic (exact) mass is 248 g/mol. The van der Waals surface area contributed by atoms with Crippen LogP contribution in [0.2, 0.25) is 0 Å². The smallest absolute Gasteiger partial charge is 0.123 e. The first-order chi connectivity index (χ1) is 8.41. The molecule has 2 aromatic carbocycles. The van der Waals surface area contributed by atoms with Crippen LogP contribution in [-0.4, -0.2) is 5.11 Å². The van der Waals surface area contributed by atoms with Gasteiger partial charge >= 0.3 is 0 Å². The van der Waals surface area contributed by atoms with Gasteiger partial charge in [0.2, 0.25) is 0 Å². The van der Waals surface area contributed by atoms with E-state index in [-0.39, 0.29) is 11.6 Å². The van der Waals surface area contributed by atoms with Gasteiger partial charge in [-0.05, 0) is 54.8 Å². The number of rotatable bonds is 2. The van der Waals surface area contributed by atoms with Gasteiger partial charge in [-0.25, -0.2) is 8.78 Å². The van der Waals surface area contributed by atoms with Crippen LogP contribution in [-0.2, 0) is 5.60 Å². The zero-order valence-corrected chi connectivity index (χ0v) is 10.2. The fourth-order valence-electron chi connectivity index (χ4n) is 2.10. The Labute approximate surface area is 105 Å². The van der Waals surface area contributed by atoms with E-state index in [9.17, 15) is 13.9 Å². The summed E-state index contributed by atoms with van der Waals surface area (Å²) in [5.41, 5.74) is 0.560. The van der Waals surface area contributed by atoms with Crippen LogP contribution >= 0.6 is 0 Å². The normalized spacial score (nSPS) is 14.3. The second-order valence-electron chi connectivity index (χ2n) is 4.54. The van der Waals surface area contributed by atoms with Crippen molar-refractivity contribution in [3.05, 3.63) is 70.8 Å². The second-order valence-corrected chi connectivity index (χ2v) is 4.54. The molecule has 0 aliphatic heterocycles. The van der Waals surface area contributed by atoms with Crippen molar-refractivity contribution in [3.8, 4) is 0 Å². The highest BCUT2D eigenvalue weighted by Gasteiger charge is 2.27. The van der Waals surface area contributed by atoms with Crippen LogP contribution < -0.4 is 0 Å². The van der Waals surface area contributed by atoms with Gasteiger partial charge in [0.25, 0.3) is 0 Å². The maximum Gasteiger partial charge on any atom is 0.123 e. The van der Waals surface area contributed by atoms with E-state index in [2.05, 4.69) is 0 Å². The first-order valence-corrected chi connectivity index (χ1v) is 5.66. The SMILES string of the molecule is Cc1cc(F)ccc1C(C)(O)c1ccc(F)cc1. The zero-order valence-electron chi connectivity index (χ0n) is 10.2. The molecule has 0 bridgehead atoms. The molecule has 0 aliphatic rings. The third-order valence-electron chi connectivity index (χ3n) is 3.12. The molecule has 1 N–H and O–H groups in total. The molecule has 0 spiro atoms. The molecule has 2 aromatic rings. The van der Waals surface area contributed by atoms with Gasteiger partial charge in [0.1, 0.15) is 17.2 Å². The third-order valence-corrected chi connectivity index (χ3v) is 3.12. The zero-order chi connectivity index (χ0) is 13.3. The van der Waals surface area contributed by atoms with Crippen molar-refractivity contribution >= 4 is 0 Å². The van der Waals surface area contributed by atoms with Crippen LogP contribution in [0, 0.1) is 18.6 Å². The van der Waals surface area contributed by atoms with E-state index in [1.807, 2.05) is 0 Å². The minimum Gasteiger partial charge on any atom is -0.381 e. The maximum absolute atomic E-state index is 13.1. The predicted octanol–water partition coefficient (Wildman–Crippen LogP) is 3.53. The minimum absolute atomic E-state index is 0.342. The Balaban J connectivity index is 2.50. The van der Waals surface area contributed by atoms with Crippen molar-refractivity contribution in [2.45, 2.75) is 19.4 Å². The van der Waals surface area contributed by atoms with Crippen LogP contribution in [0.25, 0.3) is 0 Å². The Morgan fingerprint density at radius 2 is 1.50 bits per heavy atom. The van der Waals surface area contributed by atoms with Crippen LogP contribution in [0.1, 0.15) is 23.6 Å². The molecular formula is C15H14F2O. The fourth-order valence-corrected chi connectivity index (χ4v) is 2.10. The van der Waals surface area contributed by atoms with Gasteiger partial charge in [-0.15, -0.1) is 0 Å². The average Bonchev–Trinajstić information content (AvgIpc) is 2.29. The molecule has 0 aliphatic carbocycles. The summed E-state index contributed by atoms with van der Waals surface area (Å²) in [6.07, 6.45) is 0. The van der Waals surface area contributed by atoms with E-state index in [0.717, 1.165) is 0 Å². The Kier molecular flexibility index (Phi) is 3.18. The van der Waals surface area contributed by atoms with E-state index in [0.29, 0.717) is 16.7 Å². The average molecular weight is 248 g/mol. The van der Waals surface area contributed by atoms with Crippen LogP contribution in [0.3, 0.4) is 0 Å². The Morgan fingerprint density at radius 1 is 0.944 bits per heavy atom. The van der Waals surface area contributed by atoms with Crippen LogP contribution in [0.15, 0.2) is 42.5 Å². The van der Waals surface area contributed by atoms with Crippen molar-refractivity contribution in [1.29, 1.82) is 0 Å². The lowest BCUT2D eigenvalue weighted by molar-refractivity contribution is 0.101. The molecule has 0 radical (unpaired) electrons. The molecule has 3 heteroatoms. The van der Waals surface area contributed by atoms with E-state index in [4.69, 9.17) is 0 Å². The number of benzene rings is 2. The van der Waals surface area contributed by atoms with Crippen molar-refractivity contribution in [2.24, 2.45) is 0 Å². The highest BCUT2D eigenvalue weighted by molar-refractivity contribution is 5.39. The van der Waals surface area contributed by atoms with E-state index < -0.39 is 5.60 Å². The molecule has 1 nitrogen and oxygen atoms in total. The predicted molar refractivity (Wildman–Crippen MR) is 66.2 cm³/mol. The van der Waals surface area contributed by atoms with Crippen LogP contribution in [0.4, 0.5) is 8.78 Å². The molecule has 0 saturated heterocycles. The number of hydrogen-bond donors (Lipinski definition) is 1. The molecule has 0 aromatic heterocycles. The molecule has 0 fully saturated rings. The van der Waals surface area contributed by atoms with E-state index in [1.54, 1.807) is 19.9 Å². The molecule has 0 heterocycles. The number of hydrogen-bond acceptors (Lipinski definition) is 1. The summed E-state index contributed by atoms with van der Waals surface area (Å²) in [7, 11) is 0. The summed E-state index contributed by atoms with van der Waals surface area (Å²) in [4.78, 5) is 0. The quantitative estimate of drug-likeness (QED) is 0.862. The highest BCUT2D eigenvalue weighted by Crippen LogP contribution is 2.31. The van der Waals surface area contributed by atoms with Crippen molar-refractivity contribution in [3.63, 3.8) is 0 Å². The molecular weight excluding hydrogens is 234 g/mol. The van der Waals surface area contributed by atoms with Gasteiger partial charge in [0.15, 0.2) is 0 Å². The van der Waals surface area contributed by atoms with Gasteiger partial charge < -0.3 is 5.11 Å². The third kappa shape index (κ3) is 2.27. The van der Waals surface area contributed by atoms with Gasteiger partial charge in [0, 0.05) is 0 Å². The summed E-state index contributed by atoms with van der Waals surface area (Å²) < 4.78 is 25.9. The molecule has 0 saturated carbocycles. The Bertz CT molecular complexity index is 559. The Morgan fingerprint density at radius 3 is 2.06 bits per heavy atom. The molecule has 2 rings (SSSR count). The largest absolute Gasteiger partial charge is 0.381 e. The summed E-state index contributed by atoms with van der Waals surface area (Å²) in [5, 5.41) is 10.6. The van der Waals surface area contributed by atoms with Crippen molar-refractivity contribution in [1.82, 2.24) is 0 Å². The molecule has 1 unspecified atom stereocenters. The number of halogens is 2. The first kappa shape index (κ1) is 12.7. The van der Waals surface area contributed by atoms with E-state index >= 15 is 0 Å². The van der Waals surface area contributed by atoms with Gasteiger partial charge in [-0.1, -0.05) is 18.2 Å². The highest BCUT2D eigenvalue weighted by atomic mass is 19.1. The molecule has 94 valence electrons. The van der Waals surface area contributed by atoms with Gasteiger partial charge in [0.05, 0.1) is 0 Å². The lowest BCUT2D eigenvalue weighted by atomic mass is 9.85. The maximum atomic E-state index is 13.1. The van der Waals surface area contributed by atoms with E-state index in [1.165, 1.54) is 36.4 Å². The van der Waals surface area contributed by atoms with Gasteiger partial charge in [-0.2, -0.15) is 0 Å². The summed E-state index contributed by atoms with van der Waals surface area (Å²) in [6.45, 7) is 3.34. The molecule has 1 atom stereocenters. The first-order valence-electron chi connectivity index (χ1n) is 5.66. The van der Waals surface area contributed by atoms with Crippen LogP contribution in [0.5, 0.6) is 0 Å². The molecule has 18 heavy (non-hydrogen) atoms.